The first-order valence-electron chi connectivity index (χ1n) is 6.99. The zero-order valence-corrected chi connectivity index (χ0v) is 13.1. The summed E-state index contributed by atoms with van der Waals surface area (Å²) in [6.45, 7) is 4.50. The lowest BCUT2D eigenvalue weighted by Gasteiger charge is -2.16. The maximum Gasteiger partial charge on any atom is 0.331 e. The van der Waals surface area contributed by atoms with Gasteiger partial charge in [-0.15, -0.1) is 0 Å². The fraction of sp³-hybridized carbons (Fsp3) is 0.500. The van der Waals surface area contributed by atoms with Crippen molar-refractivity contribution in [3.8, 4) is 0 Å². The van der Waals surface area contributed by atoms with Crippen molar-refractivity contribution < 1.29 is 28.5 Å². The minimum atomic E-state index is -0.600. The molecule has 6 nitrogen and oxygen atoms in total. The molecule has 1 atom stereocenters. The van der Waals surface area contributed by atoms with Crippen molar-refractivity contribution in [1.29, 1.82) is 0 Å². The third-order valence-corrected chi connectivity index (χ3v) is 2.73. The van der Waals surface area contributed by atoms with E-state index >= 15 is 0 Å². The average molecular weight is 310 g/mol. The monoisotopic (exact) mass is 310 g/mol. The topological polar surface area (TPSA) is 71.1 Å². The molecule has 0 amide bonds. The van der Waals surface area contributed by atoms with Gasteiger partial charge >= 0.3 is 11.9 Å². The molecule has 0 aliphatic carbocycles. The van der Waals surface area contributed by atoms with E-state index in [2.05, 4.69) is 4.74 Å². The van der Waals surface area contributed by atoms with Crippen LogP contribution in [0.5, 0.6) is 0 Å². The van der Waals surface area contributed by atoms with E-state index in [1.165, 1.54) is 7.11 Å². The minimum Gasteiger partial charge on any atom is -0.466 e. The first-order chi connectivity index (χ1) is 10.4. The van der Waals surface area contributed by atoms with Gasteiger partial charge in [-0.05, 0) is 26.3 Å². The predicted molar refractivity (Wildman–Crippen MR) is 79.9 cm³/mol. The number of hydrogen-bond donors (Lipinski definition) is 0. The van der Waals surface area contributed by atoms with E-state index < -0.39 is 17.7 Å². The molecule has 1 aliphatic rings. The van der Waals surface area contributed by atoms with E-state index in [0.717, 1.165) is 18.6 Å². The molecule has 0 saturated carbocycles. The quantitative estimate of drug-likeness (QED) is 0.406. The molecule has 22 heavy (non-hydrogen) atoms. The van der Waals surface area contributed by atoms with Gasteiger partial charge in [-0.25, -0.2) is 9.59 Å². The number of rotatable bonds is 7. The van der Waals surface area contributed by atoms with Gasteiger partial charge in [0.1, 0.15) is 6.61 Å². The second kappa shape index (κ2) is 9.17. The second-order valence-electron chi connectivity index (χ2n) is 5.03. The van der Waals surface area contributed by atoms with Crippen LogP contribution in [0.1, 0.15) is 20.3 Å². The Bertz CT molecular complexity index is 461. The fourth-order valence-corrected chi connectivity index (χ4v) is 1.70. The Balaban J connectivity index is 2.13. The van der Waals surface area contributed by atoms with Crippen molar-refractivity contribution in [1.82, 2.24) is 0 Å². The van der Waals surface area contributed by atoms with Crippen LogP contribution in [0.3, 0.4) is 0 Å². The van der Waals surface area contributed by atoms with Crippen molar-refractivity contribution in [3.05, 3.63) is 36.5 Å². The molecule has 1 heterocycles. The highest BCUT2D eigenvalue weighted by Gasteiger charge is 2.31. The van der Waals surface area contributed by atoms with Gasteiger partial charge in [0.2, 0.25) is 0 Å². The summed E-state index contributed by atoms with van der Waals surface area (Å²) in [5.41, 5.74) is 0. The Morgan fingerprint density at radius 3 is 2.50 bits per heavy atom. The van der Waals surface area contributed by atoms with E-state index in [0.29, 0.717) is 6.61 Å². The molecule has 1 rings (SSSR count). The van der Waals surface area contributed by atoms with Crippen LogP contribution in [-0.4, -0.2) is 44.2 Å². The maximum absolute atomic E-state index is 11.2. The summed E-state index contributed by atoms with van der Waals surface area (Å²) in [5, 5.41) is 0. The highest BCUT2D eigenvalue weighted by Crippen LogP contribution is 2.24. The number of esters is 2. The molecular formula is C16H22O6. The highest BCUT2D eigenvalue weighted by atomic mass is 16.7. The molecule has 1 fully saturated rings. The summed E-state index contributed by atoms with van der Waals surface area (Å²) >= 11 is 0. The highest BCUT2D eigenvalue weighted by molar-refractivity contribution is 5.91. The number of carbonyl (C=O) groups is 2. The number of allylic oxidation sites excluding steroid dienone is 2. The lowest BCUT2D eigenvalue weighted by Crippen LogP contribution is -2.21. The molecule has 122 valence electrons. The van der Waals surface area contributed by atoms with Crippen LogP contribution in [-0.2, 0) is 28.5 Å². The van der Waals surface area contributed by atoms with Crippen LogP contribution < -0.4 is 0 Å². The van der Waals surface area contributed by atoms with Crippen molar-refractivity contribution in [2.24, 2.45) is 0 Å². The van der Waals surface area contributed by atoms with Gasteiger partial charge in [0.15, 0.2) is 5.79 Å². The molecule has 0 aromatic rings. The Hall–Kier alpha value is -1.92. The molecule has 0 bridgehead atoms. The lowest BCUT2D eigenvalue weighted by molar-refractivity contribution is -0.138. The number of carbonyl (C=O) groups excluding carboxylic acids is 2. The van der Waals surface area contributed by atoms with Crippen LogP contribution in [0.4, 0.5) is 0 Å². The first kappa shape index (κ1) is 18.1. The Kier molecular flexibility index (Phi) is 7.56. The van der Waals surface area contributed by atoms with E-state index in [-0.39, 0.29) is 12.7 Å². The normalized spacial score (nSPS) is 21.0. The first-order valence-corrected chi connectivity index (χ1v) is 6.99. The van der Waals surface area contributed by atoms with E-state index in [1.807, 2.05) is 26.0 Å². The van der Waals surface area contributed by atoms with E-state index in [4.69, 9.17) is 14.2 Å². The predicted octanol–water partition coefficient (Wildman–Crippen LogP) is 1.91. The molecule has 6 heteroatoms. The molecule has 0 unspecified atom stereocenters. The van der Waals surface area contributed by atoms with Crippen molar-refractivity contribution in [3.63, 3.8) is 0 Å². The van der Waals surface area contributed by atoms with Crippen LogP contribution in [0.15, 0.2) is 36.5 Å². The van der Waals surface area contributed by atoms with E-state index in [9.17, 15) is 9.59 Å². The summed E-state index contributed by atoms with van der Waals surface area (Å²) in [7, 11) is 1.23. The third-order valence-electron chi connectivity index (χ3n) is 2.73. The summed E-state index contributed by atoms with van der Waals surface area (Å²) in [6.07, 6.45) is 10.1. The number of hydrogen-bond acceptors (Lipinski definition) is 6. The van der Waals surface area contributed by atoms with Crippen LogP contribution in [0.25, 0.3) is 0 Å². The molecule has 0 N–H and O–H groups in total. The van der Waals surface area contributed by atoms with Gasteiger partial charge in [-0.2, -0.15) is 0 Å². The molecule has 0 spiro atoms. The van der Waals surface area contributed by atoms with E-state index in [1.54, 1.807) is 12.2 Å². The summed E-state index contributed by atoms with van der Waals surface area (Å²) < 4.78 is 20.3. The number of methoxy groups -OCH3 is 1. The zero-order valence-electron chi connectivity index (χ0n) is 13.1. The maximum atomic E-state index is 11.2. The van der Waals surface area contributed by atoms with Crippen LogP contribution in [0.2, 0.25) is 0 Å². The Morgan fingerprint density at radius 2 is 1.86 bits per heavy atom. The molecule has 0 aromatic carbocycles. The van der Waals surface area contributed by atoms with Gasteiger partial charge in [-0.3, -0.25) is 0 Å². The van der Waals surface area contributed by atoms with Crippen molar-refractivity contribution in [2.45, 2.75) is 32.2 Å². The molecule has 1 saturated heterocycles. The molecule has 0 radical (unpaired) electrons. The summed E-state index contributed by atoms with van der Waals surface area (Å²) in [5.74, 6) is -1.70. The SMILES string of the molecule is COC(=O)/C=C\C(=O)OC/C=C/C=C/C[C@H]1COC(C)(C)O1. The van der Waals surface area contributed by atoms with Gasteiger partial charge in [0.25, 0.3) is 0 Å². The second-order valence-corrected chi connectivity index (χ2v) is 5.03. The van der Waals surface area contributed by atoms with Crippen LogP contribution >= 0.6 is 0 Å². The van der Waals surface area contributed by atoms with Crippen molar-refractivity contribution >= 4 is 11.9 Å². The summed E-state index contributed by atoms with van der Waals surface area (Å²) in [6, 6.07) is 0. The van der Waals surface area contributed by atoms with Gasteiger partial charge in [0.05, 0.1) is 19.8 Å². The fourth-order valence-electron chi connectivity index (χ4n) is 1.70. The minimum absolute atomic E-state index is 0.0703. The largest absolute Gasteiger partial charge is 0.466 e. The average Bonchev–Trinajstić information content (AvgIpc) is 2.82. The molecule has 0 aromatic heterocycles. The Morgan fingerprint density at radius 1 is 1.18 bits per heavy atom. The van der Waals surface area contributed by atoms with Crippen LogP contribution in [0, 0.1) is 0 Å². The Labute approximate surface area is 130 Å². The smallest absolute Gasteiger partial charge is 0.331 e. The third kappa shape index (κ3) is 7.75. The summed E-state index contributed by atoms with van der Waals surface area (Å²) in [4.78, 5) is 21.9. The van der Waals surface area contributed by atoms with Gasteiger partial charge < -0.3 is 18.9 Å². The zero-order chi connectivity index (χ0) is 16.4. The standard InChI is InChI=1S/C16H22O6/c1-16(2)21-12-13(22-16)8-6-4-5-7-11-20-15(18)10-9-14(17)19-3/h4-7,9-10,13H,8,11-12H2,1-3H3/b6-4+,7-5+,10-9-/t13-/m0/s1. The lowest BCUT2D eigenvalue weighted by atomic mass is 10.2. The van der Waals surface area contributed by atoms with Gasteiger partial charge in [0, 0.05) is 12.2 Å². The van der Waals surface area contributed by atoms with Gasteiger partial charge in [-0.1, -0.05) is 18.2 Å². The molecular weight excluding hydrogens is 288 g/mol. The number of ether oxygens (including phenoxy) is 4. The van der Waals surface area contributed by atoms with Crippen molar-refractivity contribution in [2.75, 3.05) is 20.3 Å². The molecule has 1 aliphatic heterocycles.